The summed E-state index contributed by atoms with van der Waals surface area (Å²) >= 11 is 3.34. The third-order valence-electron chi connectivity index (χ3n) is 4.49. The lowest BCUT2D eigenvalue weighted by molar-refractivity contribution is -0.124. The summed E-state index contributed by atoms with van der Waals surface area (Å²) in [6, 6.07) is 21.7. The molecule has 0 fully saturated rings. The Balaban J connectivity index is 1.44. The summed E-state index contributed by atoms with van der Waals surface area (Å²) in [6.45, 7) is 2.02. The van der Waals surface area contributed by atoms with Crippen LogP contribution in [0.3, 0.4) is 0 Å². The molecule has 148 valence electrons. The van der Waals surface area contributed by atoms with Crippen molar-refractivity contribution in [1.29, 1.82) is 0 Å². The second-order valence-electron chi connectivity index (χ2n) is 6.76. The van der Waals surface area contributed by atoms with Crippen LogP contribution < -0.4 is 10.7 Å². The van der Waals surface area contributed by atoms with Gasteiger partial charge in [-0.3, -0.25) is 9.59 Å². The molecule has 0 bridgehead atoms. The smallest absolute Gasteiger partial charge is 0.240 e. The quantitative estimate of drug-likeness (QED) is 0.381. The molecule has 0 aliphatic carbocycles. The highest BCUT2D eigenvalue weighted by atomic mass is 79.9. The molecule has 2 amide bonds. The van der Waals surface area contributed by atoms with Crippen LogP contribution in [-0.2, 0) is 9.59 Å². The number of fused-ring (bicyclic) bond motifs is 1. The minimum Gasteiger partial charge on any atom is -0.326 e. The first-order valence-corrected chi connectivity index (χ1v) is 10.2. The van der Waals surface area contributed by atoms with E-state index in [-0.39, 0.29) is 30.6 Å². The zero-order chi connectivity index (χ0) is 20.6. The van der Waals surface area contributed by atoms with E-state index in [2.05, 4.69) is 62.1 Å². The van der Waals surface area contributed by atoms with Gasteiger partial charge in [0.15, 0.2) is 0 Å². The molecule has 0 aromatic heterocycles. The van der Waals surface area contributed by atoms with Crippen molar-refractivity contribution in [2.45, 2.75) is 25.7 Å². The van der Waals surface area contributed by atoms with Crippen LogP contribution in [-0.4, -0.2) is 18.0 Å². The molecule has 6 heteroatoms. The predicted molar refractivity (Wildman–Crippen MR) is 121 cm³/mol. The second-order valence-corrected chi connectivity index (χ2v) is 7.68. The van der Waals surface area contributed by atoms with Crippen molar-refractivity contribution in [3.8, 4) is 0 Å². The summed E-state index contributed by atoms with van der Waals surface area (Å²) in [4.78, 5) is 23.9. The second kappa shape index (κ2) is 9.98. The summed E-state index contributed by atoms with van der Waals surface area (Å²) in [5.41, 5.74) is 4.31. The van der Waals surface area contributed by atoms with E-state index in [0.29, 0.717) is 5.69 Å². The van der Waals surface area contributed by atoms with Crippen LogP contribution in [0.5, 0.6) is 0 Å². The number of benzene rings is 3. The lowest BCUT2D eigenvalue weighted by Crippen LogP contribution is -2.21. The van der Waals surface area contributed by atoms with Crippen LogP contribution in [0.1, 0.15) is 31.2 Å². The fraction of sp³-hybridized carbons (Fsp3) is 0.174. The van der Waals surface area contributed by atoms with Crippen molar-refractivity contribution in [1.82, 2.24) is 5.43 Å². The average Bonchev–Trinajstić information content (AvgIpc) is 2.73. The maximum atomic E-state index is 11.9. The van der Waals surface area contributed by atoms with Crippen molar-refractivity contribution in [2.24, 2.45) is 5.10 Å². The molecule has 0 saturated heterocycles. The number of anilines is 1. The molecule has 1 unspecified atom stereocenters. The Kier molecular flexibility index (Phi) is 7.14. The van der Waals surface area contributed by atoms with Crippen LogP contribution in [0, 0.1) is 0 Å². The zero-order valence-corrected chi connectivity index (χ0v) is 17.6. The fourth-order valence-corrected chi connectivity index (χ4v) is 3.10. The Hall–Kier alpha value is -2.99. The van der Waals surface area contributed by atoms with Gasteiger partial charge in [0, 0.05) is 35.1 Å². The minimum atomic E-state index is -0.294. The number of rotatable bonds is 7. The maximum Gasteiger partial charge on any atom is 0.240 e. The number of hydrogen-bond acceptors (Lipinski definition) is 3. The summed E-state index contributed by atoms with van der Waals surface area (Å²) < 4.78 is 0.936. The molecule has 0 aliphatic rings. The van der Waals surface area contributed by atoms with E-state index in [1.54, 1.807) is 18.3 Å². The van der Waals surface area contributed by atoms with Crippen molar-refractivity contribution in [2.75, 3.05) is 5.32 Å². The number of nitrogens with zero attached hydrogens (tertiary/aromatic N) is 1. The highest BCUT2D eigenvalue weighted by molar-refractivity contribution is 9.10. The first-order chi connectivity index (χ1) is 14.0. The Morgan fingerprint density at radius 2 is 1.66 bits per heavy atom. The lowest BCUT2D eigenvalue weighted by Gasteiger charge is -2.08. The largest absolute Gasteiger partial charge is 0.326 e. The number of carbonyl (C=O) groups excluding carboxylic acids is 2. The summed E-state index contributed by atoms with van der Waals surface area (Å²) in [7, 11) is 0. The molecule has 2 N–H and O–H groups in total. The van der Waals surface area contributed by atoms with E-state index in [1.807, 2.05) is 31.2 Å². The number of nitrogens with one attached hydrogen (secondary N) is 2. The van der Waals surface area contributed by atoms with E-state index in [0.717, 1.165) is 10.0 Å². The normalized spacial score (nSPS) is 12.1. The average molecular weight is 452 g/mol. The third-order valence-corrected chi connectivity index (χ3v) is 5.02. The topological polar surface area (TPSA) is 70.6 Å². The zero-order valence-electron chi connectivity index (χ0n) is 16.1. The molecular weight excluding hydrogens is 430 g/mol. The van der Waals surface area contributed by atoms with Crippen LogP contribution in [0.25, 0.3) is 10.8 Å². The molecule has 29 heavy (non-hydrogen) atoms. The number of hydrogen-bond donors (Lipinski definition) is 2. The molecule has 0 radical (unpaired) electrons. The molecule has 0 spiro atoms. The van der Waals surface area contributed by atoms with Gasteiger partial charge in [0.2, 0.25) is 11.8 Å². The van der Waals surface area contributed by atoms with E-state index < -0.39 is 0 Å². The number of amides is 2. The van der Waals surface area contributed by atoms with Crippen LogP contribution in [0.2, 0.25) is 0 Å². The SMILES string of the molecule is CC(/C=N/NC(=O)CCC(=O)Nc1ccc(Br)cc1)c1ccc2ccccc2c1. The van der Waals surface area contributed by atoms with Gasteiger partial charge in [0.1, 0.15) is 0 Å². The van der Waals surface area contributed by atoms with Gasteiger partial charge in [0.05, 0.1) is 0 Å². The molecule has 0 aliphatic heterocycles. The highest BCUT2D eigenvalue weighted by Crippen LogP contribution is 2.20. The Bertz CT molecular complexity index is 1030. The van der Waals surface area contributed by atoms with Gasteiger partial charge in [-0.15, -0.1) is 0 Å². The summed E-state index contributed by atoms with van der Waals surface area (Å²) in [5.74, 6) is -0.450. The molecule has 0 saturated carbocycles. The van der Waals surface area contributed by atoms with Gasteiger partial charge < -0.3 is 5.32 Å². The molecule has 3 rings (SSSR count). The van der Waals surface area contributed by atoms with Crippen LogP contribution >= 0.6 is 15.9 Å². The fourth-order valence-electron chi connectivity index (χ4n) is 2.84. The van der Waals surface area contributed by atoms with Crippen molar-refractivity contribution in [3.05, 3.63) is 76.8 Å². The van der Waals surface area contributed by atoms with E-state index >= 15 is 0 Å². The maximum absolute atomic E-state index is 11.9. The lowest BCUT2D eigenvalue weighted by atomic mass is 9.99. The third kappa shape index (κ3) is 6.26. The first kappa shape index (κ1) is 20.7. The number of hydrazone groups is 1. The van der Waals surface area contributed by atoms with Gasteiger partial charge in [-0.25, -0.2) is 5.43 Å². The van der Waals surface area contributed by atoms with Crippen LogP contribution in [0.15, 0.2) is 76.3 Å². The standard InChI is InChI=1S/C23H22BrN3O2/c1-16(18-7-6-17-4-2-3-5-19(17)14-18)15-25-27-23(29)13-12-22(28)26-21-10-8-20(24)9-11-21/h2-11,14-16H,12-13H2,1H3,(H,26,28)(H,27,29)/b25-15+. The van der Waals surface area contributed by atoms with Gasteiger partial charge in [-0.2, -0.15) is 5.10 Å². The molecular formula is C23H22BrN3O2. The number of carbonyl (C=O) groups is 2. The van der Waals surface area contributed by atoms with Crippen LogP contribution in [0.4, 0.5) is 5.69 Å². The van der Waals surface area contributed by atoms with E-state index in [9.17, 15) is 9.59 Å². The first-order valence-electron chi connectivity index (χ1n) is 9.37. The minimum absolute atomic E-state index is 0.0561. The molecule has 3 aromatic carbocycles. The van der Waals surface area contributed by atoms with E-state index in [4.69, 9.17) is 0 Å². The Morgan fingerprint density at radius 3 is 2.41 bits per heavy atom. The van der Waals surface area contributed by atoms with Crippen molar-refractivity contribution in [3.63, 3.8) is 0 Å². The molecule has 5 nitrogen and oxygen atoms in total. The Labute approximate surface area is 178 Å². The molecule has 3 aromatic rings. The van der Waals surface area contributed by atoms with Gasteiger partial charge in [-0.1, -0.05) is 65.3 Å². The van der Waals surface area contributed by atoms with E-state index in [1.165, 1.54) is 10.8 Å². The Morgan fingerprint density at radius 1 is 0.966 bits per heavy atom. The monoisotopic (exact) mass is 451 g/mol. The molecule has 1 atom stereocenters. The van der Waals surface area contributed by atoms with Gasteiger partial charge in [-0.05, 0) is 40.6 Å². The summed E-state index contributed by atoms with van der Waals surface area (Å²) in [6.07, 6.45) is 1.87. The molecule has 0 heterocycles. The van der Waals surface area contributed by atoms with Gasteiger partial charge >= 0.3 is 0 Å². The summed E-state index contributed by atoms with van der Waals surface area (Å²) in [5, 5.41) is 9.16. The highest BCUT2D eigenvalue weighted by Gasteiger charge is 2.08. The van der Waals surface area contributed by atoms with Gasteiger partial charge in [0.25, 0.3) is 0 Å². The van der Waals surface area contributed by atoms with Crippen molar-refractivity contribution < 1.29 is 9.59 Å². The predicted octanol–water partition coefficient (Wildman–Crippen LogP) is 5.23. The van der Waals surface area contributed by atoms with Crippen molar-refractivity contribution >= 4 is 50.4 Å². The number of halogens is 1.